The molecular weight excluding hydrogens is 238 g/mol. The lowest BCUT2D eigenvalue weighted by Gasteiger charge is -2.14. The van der Waals surface area contributed by atoms with Crippen LogP contribution in [0.3, 0.4) is 0 Å². The Kier molecular flexibility index (Phi) is 5.67. The monoisotopic (exact) mass is 263 g/mol. The Hall–Kier alpha value is -1.06. The molecule has 2 N–H and O–H groups in total. The largest absolute Gasteiger partial charge is 0.494 e. The van der Waals surface area contributed by atoms with E-state index in [2.05, 4.69) is 30.4 Å². The fourth-order valence-electron chi connectivity index (χ4n) is 2.62. The lowest BCUT2D eigenvalue weighted by atomic mass is 10.1. The van der Waals surface area contributed by atoms with Crippen molar-refractivity contribution in [2.75, 3.05) is 19.8 Å². The predicted octanol–water partition coefficient (Wildman–Crippen LogP) is 2.82. The first-order valence-corrected chi connectivity index (χ1v) is 7.45. The van der Waals surface area contributed by atoms with Gasteiger partial charge in [-0.05, 0) is 61.9 Å². The number of aryl methyl sites for hydroxylation is 1. The minimum Gasteiger partial charge on any atom is -0.494 e. The second-order valence-corrected chi connectivity index (χ2v) is 5.19. The molecule has 3 nitrogen and oxygen atoms in total. The number of aliphatic hydroxyl groups is 1. The van der Waals surface area contributed by atoms with Gasteiger partial charge in [-0.3, -0.25) is 0 Å². The van der Waals surface area contributed by atoms with E-state index in [0.717, 1.165) is 31.6 Å². The van der Waals surface area contributed by atoms with Crippen molar-refractivity contribution in [3.05, 3.63) is 29.3 Å². The summed E-state index contributed by atoms with van der Waals surface area (Å²) in [6.07, 6.45) is 5.24. The third-order valence-electron chi connectivity index (χ3n) is 3.65. The van der Waals surface area contributed by atoms with Crippen molar-refractivity contribution in [2.45, 2.75) is 45.1 Å². The summed E-state index contributed by atoms with van der Waals surface area (Å²) in [6, 6.07) is 6.99. The first-order valence-electron chi connectivity index (χ1n) is 7.45. The summed E-state index contributed by atoms with van der Waals surface area (Å²) in [5, 5.41) is 12.3. The first kappa shape index (κ1) is 14.4. The fraction of sp³-hybridized carbons (Fsp3) is 0.625. The second-order valence-electron chi connectivity index (χ2n) is 5.19. The quantitative estimate of drug-likeness (QED) is 0.709. The molecule has 0 aromatic heterocycles. The molecule has 3 heteroatoms. The number of unbranched alkanes of at least 4 members (excludes halogenated alkanes) is 1. The summed E-state index contributed by atoms with van der Waals surface area (Å²) < 4.78 is 5.72. The Balaban J connectivity index is 1.89. The molecule has 106 valence electrons. The molecule has 2 rings (SSSR count). The van der Waals surface area contributed by atoms with Gasteiger partial charge in [0.05, 0.1) is 6.61 Å². The molecule has 1 aromatic carbocycles. The maximum absolute atomic E-state index is 8.73. The van der Waals surface area contributed by atoms with Gasteiger partial charge >= 0.3 is 0 Å². The molecule has 0 saturated heterocycles. The number of aliphatic hydroxyl groups excluding tert-OH is 1. The van der Waals surface area contributed by atoms with Crippen LogP contribution in [0.25, 0.3) is 0 Å². The van der Waals surface area contributed by atoms with Crippen molar-refractivity contribution in [1.82, 2.24) is 5.32 Å². The summed E-state index contributed by atoms with van der Waals surface area (Å²) in [5.74, 6) is 0.966. The highest BCUT2D eigenvalue weighted by Crippen LogP contribution is 2.33. The molecule has 1 unspecified atom stereocenters. The van der Waals surface area contributed by atoms with Crippen molar-refractivity contribution >= 4 is 0 Å². The highest BCUT2D eigenvalue weighted by molar-refractivity contribution is 5.40. The molecule has 1 atom stereocenters. The molecule has 0 bridgehead atoms. The number of rotatable bonds is 8. The van der Waals surface area contributed by atoms with Gasteiger partial charge in [0.25, 0.3) is 0 Å². The average molecular weight is 263 g/mol. The standard InChI is InChI=1S/C16H25NO2/c1-2-9-17-16-8-5-13-12-14(6-7-15(13)16)19-11-4-3-10-18/h6-7,12,16-18H,2-5,8-11H2,1H3. The smallest absolute Gasteiger partial charge is 0.119 e. The lowest BCUT2D eigenvalue weighted by molar-refractivity contribution is 0.253. The second kappa shape index (κ2) is 7.51. The van der Waals surface area contributed by atoms with Crippen molar-refractivity contribution in [2.24, 2.45) is 0 Å². The van der Waals surface area contributed by atoms with Crippen LogP contribution in [0.4, 0.5) is 0 Å². The molecule has 0 aliphatic heterocycles. The average Bonchev–Trinajstić information content (AvgIpc) is 2.84. The summed E-state index contributed by atoms with van der Waals surface area (Å²) in [6.45, 7) is 4.23. The minimum absolute atomic E-state index is 0.248. The first-order chi connectivity index (χ1) is 9.35. The van der Waals surface area contributed by atoms with Crippen LogP contribution in [0.5, 0.6) is 5.75 Å². The topological polar surface area (TPSA) is 41.5 Å². The van der Waals surface area contributed by atoms with Gasteiger partial charge in [-0.15, -0.1) is 0 Å². The molecule has 19 heavy (non-hydrogen) atoms. The van der Waals surface area contributed by atoms with Crippen molar-refractivity contribution in [3.63, 3.8) is 0 Å². The normalized spacial score (nSPS) is 17.5. The van der Waals surface area contributed by atoms with Crippen molar-refractivity contribution in [1.29, 1.82) is 0 Å². The third kappa shape index (κ3) is 3.95. The van der Waals surface area contributed by atoms with E-state index in [4.69, 9.17) is 9.84 Å². The number of benzene rings is 1. The van der Waals surface area contributed by atoms with E-state index >= 15 is 0 Å². The van der Waals surface area contributed by atoms with Crippen LogP contribution in [0.1, 0.15) is 49.8 Å². The van der Waals surface area contributed by atoms with E-state index in [9.17, 15) is 0 Å². The van der Waals surface area contributed by atoms with Gasteiger partial charge < -0.3 is 15.2 Å². The van der Waals surface area contributed by atoms with Crippen LogP contribution in [0.2, 0.25) is 0 Å². The molecule has 1 aliphatic carbocycles. The van der Waals surface area contributed by atoms with Crippen LogP contribution in [0, 0.1) is 0 Å². The Bertz CT molecular complexity index is 392. The summed E-state index contributed by atoms with van der Waals surface area (Å²) in [4.78, 5) is 0. The Morgan fingerprint density at radius 3 is 3.05 bits per heavy atom. The van der Waals surface area contributed by atoms with E-state index in [1.165, 1.54) is 24.0 Å². The van der Waals surface area contributed by atoms with Gasteiger partial charge in [0, 0.05) is 12.6 Å². The molecule has 0 radical (unpaired) electrons. The maximum Gasteiger partial charge on any atom is 0.119 e. The number of fused-ring (bicyclic) bond motifs is 1. The molecule has 1 aliphatic rings. The zero-order valence-corrected chi connectivity index (χ0v) is 11.8. The van der Waals surface area contributed by atoms with Gasteiger partial charge in [0.2, 0.25) is 0 Å². The number of hydrogen-bond acceptors (Lipinski definition) is 3. The molecule has 1 aromatic rings. The zero-order chi connectivity index (χ0) is 13.5. The molecule has 0 saturated carbocycles. The van der Waals surface area contributed by atoms with Crippen LogP contribution in [-0.4, -0.2) is 24.9 Å². The summed E-state index contributed by atoms with van der Waals surface area (Å²) in [7, 11) is 0. The minimum atomic E-state index is 0.248. The van der Waals surface area contributed by atoms with Gasteiger partial charge in [0.15, 0.2) is 0 Å². The van der Waals surface area contributed by atoms with Gasteiger partial charge in [-0.2, -0.15) is 0 Å². The van der Waals surface area contributed by atoms with E-state index < -0.39 is 0 Å². The van der Waals surface area contributed by atoms with E-state index in [-0.39, 0.29) is 6.61 Å². The molecular formula is C16H25NO2. The van der Waals surface area contributed by atoms with Crippen LogP contribution >= 0.6 is 0 Å². The van der Waals surface area contributed by atoms with Gasteiger partial charge in [0.1, 0.15) is 5.75 Å². The molecule has 0 fully saturated rings. The number of nitrogens with one attached hydrogen (secondary N) is 1. The highest BCUT2D eigenvalue weighted by Gasteiger charge is 2.21. The Morgan fingerprint density at radius 2 is 2.26 bits per heavy atom. The zero-order valence-electron chi connectivity index (χ0n) is 11.8. The van der Waals surface area contributed by atoms with Crippen molar-refractivity contribution < 1.29 is 9.84 Å². The van der Waals surface area contributed by atoms with E-state index in [1.54, 1.807) is 0 Å². The number of hydrogen-bond donors (Lipinski definition) is 2. The number of ether oxygens (including phenoxy) is 1. The maximum atomic E-state index is 8.73. The molecule has 0 heterocycles. The molecule has 0 spiro atoms. The fourth-order valence-corrected chi connectivity index (χ4v) is 2.62. The van der Waals surface area contributed by atoms with E-state index in [1.807, 2.05) is 0 Å². The van der Waals surface area contributed by atoms with Crippen LogP contribution in [0.15, 0.2) is 18.2 Å². The van der Waals surface area contributed by atoms with Gasteiger partial charge in [-0.25, -0.2) is 0 Å². The Morgan fingerprint density at radius 1 is 1.37 bits per heavy atom. The molecule has 0 amide bonds. The van der Waals surface area contributed by atoms with Crippen LogP contribution in [-0.2, 0) is 6.42 Å². The highest BCUT2D eigenvalue weighted by atomic mass is 16.5. The third-order valence-corrected chi connectivity index (χ3v) is 3.65. The summed E-state index contributed by atoms with van der Waals surface area (Å²) >= 11 is 0. The summed E-state index contributed by atoms with van der Waals surface area (Å²) in [5.41, 5.74) is 2.87. The Labute approximate surface area is 116 Å². The van der Waals surface area contributed by atoms with Gasteiger partial charge in [-0.1, -0.05) is 13.0 Å². The van der Waals surface area contributed by atoms with Crippen LogP contribution < -0.4 is 10.1 Å². The van der Waals surface area contributed by atoms with Crippen molar-refractivity contribution in [3.8, 4) is 5.75 Å². The predicted molar refractivity (Wildman–Crippen MR) is 77.6 cm³/mol. The van der Waals surface area contributed by atoms with E-state index in [0.29, 0.717) is 12.6 Å². The SMILES string of the molecule is CCCNC1CCc2cc(OCCCCO)ccc21. The lowest BCUT2D eigenvalue weighted by Crippen LogP contribution is -2.19.